The lowest BCUT2D eigenvalue weighted by molar-refractivity contribution is -0.146. The Morgan fingerprint density at radius 2 is 0.500 bits per heavy atom. The van der Waals surface area contributed by atoms with Crippen LogP contribution in [0.1, 0.15) is 349 Å². The summed E-state index contributed by atoms with van der Waals surface area (Å²) in [6, 6.07) is 0. The van der Waals surface area contributed by atoms with Gasteiger partial charge >= 0.3 is 11.9 Å². The van der Waals surface area contributed by atoms with Gasteiger partial charge in [-0.15, -0.1) is 0 Å². The van der Waals surface area contributed by atoms with Crippen molar-refractivity contribution in [2.75, 3.05) is 65.6 Å². The third kappa shape index (κ3) is 56.1. The van der Waals surface area contributed by atoms with E-state index in [1.807, 2.05) is 0 Å². The molecular weight excluding hydrogens is 937 g/mol. The zero-order valence-electron chi connectivity index (χ0n) is 52.3. The molecule has 0 saturated heterocycles. The number of nitrogens with two attached hydrogens (primary N) is 2. The molecule has 0 fully saturated rings. The number of rotatable bonds is 65. The maximum absolute atomic E-state index is 13.0. The minimum Gasteiger partial charge on any atom is -0.465 e. The zero-order valence-corrected chi connectivity index (χ0v) is 52.3. The van der Waals surface area contributed by atoms with Crippen LogP contribution in [0.4, 0.5) is 0 Å². The highest BCUT2D eigenvalue weighted by Gasteiger charge is 2.15. The van der Waals surface area contributed by atoms with Crippen molar-refractivity contribution in [1.29, 1.82) is 0 Å². The Labute approximate surface area is 476 Å². The molecule has 0 aliphatic rings. The number of nitrogens with zero attached hydrogens (tertiary/aromatic N) is 2. The number of unbranched alkanes of at least 4 members (excludes halogenated alkanes) is 35. The van der Waals surface area contributed by atoms with Crippen LogP contribution in [-0.4, -0.2) is 87.3 Å². The lowest BCUT2D eigenvalue weighted by Gasteiger charge is -2.24. The summed E-state index contributed by atoms with van der Waals surface area (Å²) in [5.74, 6) is 1.03. The van der Waals surface area contributed by atoms with E-state index in [1.165, 1.54) is 257 Å². The van der Waals surface area contributed by atoms with Gasteiger partial charge in [0.25, 0.3) is 0 Å². The van der Waals surface area contributed by atoms with Crippen molar-refractivity contribution in [3.05, 3.63) is 0 Å². The number of carbonyl (C=O) groups excluding carboxylic acids is 2. The normalized spacial score (nSPS) is 12.6. The van der Waals surface area contributed by atoms with Crippen LogP contribution in [0.5, 0.6) is 0 Å². The summed E-state index contributed by atoms with van der Waals surface area (Å²) in [5, 5.41) is 0. The zero-order chi connectivity index (χ0) is 55.3. The second kappa shape index (κ2) is 63.0. The third-order valence-electron chi connectivity index (χ3n) is 16.6. The first-order valence-electron chi connectivity index (χ1n) is 34.6. The number of ether oxygens (including phenoxy) is 2. The molecular formula is C68H138N4O4. The van der Waals surface area contributed by atoms with E-state index in [1.54, 1.807) is 0 Å². The monoisotopic (exact) mass is 1080 g/mol. The SMILES string of the molecule is CCCCCCCCCCCCC(CCCCCCCCCC)COC(=O)CCCCN(CCCN)CCCCN(CCCN)CCCCC(=O)OCC(CCCCCCCCCC)CCCCCCCCCCCC. The number of hydrogen-bond donors (Lipinski definition) is 2. The van der Waals surface area contributed by atoms with Crippen LogP contribution in [0.15, 0.2) is 0 Å². The Balaban J connectivity index is 4.73. The van der Waals surface area contributed by atoms with E-state index < -0.39 is 0 Å². The van der Waals surface area contributed by atoms with Gasteiger partial charge in [0.2, 0.25) is 0 Å². The molecule has 8 nitrogen and oxygen atoms in total. The van der Waals surface area contributed by atoms with Crippen LogP contribution in [0.2, 0.25) is 0 Å². The quantitative estimate of drug-likeness (QED) is 0.0458. The fraction of sp³-hybridized carbons (Fsp3) is 0.971. The Kier molecular flexibility index (Phi) is 62.0. The van der Waals surface area contributed by atoms with E-state index in [0.29, 0.717) is 51.0 Å². The van der Waals surface area contributed by atoms with Crippen LogP contribution in [0.3, 0.4) is 0 Å². The molecule has 0 saturated carbocycles. The summed E-state index contributed by atoms with van der Waals surface area (Å²) >= 11 is 0. The highest BCUT2D eigenvalue weighted by atomic mass is 16.5. The largest absolute Gasteiger partial charge is 0.465 e. The molecule has 0 aromatic heterocycles. The van der Waals surface area contributed by atoms with E-state index in [9.17, 15) is 9.59 Å². The molecule has 0 amide bonds. The van der Waals surface area contributed by atoms with Crippen molar-refractivity contribution in [1.82, 2.24) is 9.80 Å². The van der Waals surface area contributed by atoms with Crippen LogP contribution in [0.25, 0.3) is 0 Å². The average molecular weight is 1080 g/mol. The Morgan fingerprint density at radius 3 is 0.737 bits per heavy atom. The van der Waals surface area contributed by atoms with Crippen molar-refractivity contribution in [3.8, 4) is 0 Å². The van der Waals surface area contributed by atoms with Gasteiger partial charge in [-0.3, -0.25) is 9.59 Å². The highest BCUT2D eigenvalue weighted by molar-refractivity contribution is 5.69. The molecule has 454 valence electrons. The minimum absolute atomic E-state index is 0.000218. The molecule has 0 aromatic carbocycles. The molecule has 0 aliphatic carbocycles. The van der Waals surface area contributed by atoms with Crippen molar-refractivity contribution in [2.45, 2.75) is 349 Å². The second-order valence-corrected chi connectivity index (χ2v) is 24.2. The Hall–Kier alpha value is -1.22. The van der Waals surface area contributed by atoms with Gasteiger partial charge in [0.1, 0.15) is 0 Å². The minimum atomic E-state index is -0.000218. The predicted octanol–water partition coefficient (Wildman–Crippen LogP) is 19.4. The lowest BCUT2D eigenvalue weighted by atomic mass is 9.94. The van der Waals surface area contributed by atoms with Gasteiger partial charge in [0.05, 0.1) is 13.2 Å². The molecule has 0 rings (SSSR count). The highest BCUT2D eigenvalue weighted by Crippen LogP contribution is 2.23. The third-order valence-corrected chi connectivity index (χ3v) is 16.6. The summed E-state index contributed by atoms with van der Waals surface area (Å²) in [6.07, 6.45) is 62.8. The van der Waals surface area contributed by atoms with Crippen LogP contribution < -0.4 is 11.5 Å². The Bertz CT molecular complexity index is 1060. The van der Waals surface area contributed by atoms with Crippen molar-refractivity contribution < 1.29 is 19.1 Å². The van der Waals surface area contributed by atoms with Crippen LogP contribution in [-0.2, 0) is 19.1 Å². The molecule has 0 bridgehead atoms. The first kappa shape index (κ1) is 74.8. The summed E-state index contributed by atoms with van der Waals surface area (Å²) < 4.78 is 12.0. The molecule has 0 heterocycles. The summed E-state index contributed by atoms with van der Waals surface area (Å²) in [6.45, 7) is 18.0. The molecule has 8 heteroatoms. The van der Waals surface area contributed by atoms with Gasteiger partial charge < -0.3 is 30.7 Å². The number of carbonyl (C=O) groups is 2. The fourth-order valence-corrected chi connectivity index (χ4v) is 11.3. The topological polar surface area (TPSA) is 111 Å². The van der Waals surface area contributed by atoms with E-state index >= 15 is 0 Å². The first-order valence-corrected chi connectivity index (χ1v) is 34.6. The van der Waals surface area contributed by atoms with Crippen molar-refractivity contribution >= 4 is 11.9 Å². The van der Waals surface area contributed by atoms with Crippen LogP contribution in [0, 0.1) is 11.8 Å². The van der Waals surface area contributed by atoms with Gasteiger partial charge in [-0.2, -0.15) is 0 Å². The first-order chi connectivity index (χ1) is 37.4. The molecule has 2 atom stereocenters. The number of esters is 2. The van der Waals surface area contributed by atoms with Crippen LogP contribution >= 0.6 is 0 Å². The predicted molar refractivity (Wildman–Crippen MR) is 333 cm³/mol. The molecule has 0 radical (unpaired) electrons. The molecule has 0 aliphatic heterocycles. The van der Waals surface area contributed by atoms with E-state index in [2.05, 4.69) is 37.5 Å². The Morgan fingerprint density at radius 1 is 0.289 bits per heavy atom. The molecule has 4 N–H and O–H groups in total. The molecule has 76 heavy (non-hydrogen) atoms. The van der Waals surface area contributed by atoms with Crippen molar-refractivity contribution in [3.63, 3.8) is 0 Å². The van der Waals surface area contributed by atoms with Gasteiger partial charge in [-0.05, 0) is 141 Å². The molecule has 2 unspecified atom stereocenters. The van der Waals surface area contributed by atoms with Gasteiger partial charge in [0, 0.05) is 12.8 Å². The van der Waals surface area contributed by atoms with E-state index in [0.717, 1.165) is 90.6 Å². The maximum Gasteiger partial charge on any atom is 0.305 e. The van der Waals surface area contributed by atoms with E-state index in [4.69, 9.17) is 20.9 Å². The number of hydrogen-bond acceptors (Lipinski definition) is 8. The van der Waals surface area contributed by atoms with Crippen molar-refractivity contribution in [2.24, 2.45) is 23.3 Å². The average Bonchev–Trinajstić information content (AvgIpc) is 3.42. The molecule has 0 spiro atoms. The smallest absolute Gasteiger partial charge is 0.305 e. The summed E-state index contributed by atoms with van der Waals surface area (Å²) in [4.78, 5) is 31.2. The fourth-order valence-electron chi connectivity index (χ4n) is 11.3. The maximum atomic E-state index is 13.0. The van der Waals surface area contributed by atoms with Gasteiger partial charge in [-0.25, -0.2) is 0 Å². The van der Waals surface area contributed by atoms with E-state index in [-0.39, 0.29) is 11.9 Å². The second-order valence-electron chi connectivity index (χ2n) is 24.2. The standard InChI is InChI=1S/C68H138N4O4/c1-5-9-13-17-21-25-27-31-35-39-51-65(49-37-33-29-23-19-15-11-7-3)63-75-67(73)53-41-43-57-71(61-47-55-69)59-45-46-60-72(62-48-56-70)58-44-42-54-68(74)76-64-66(50-38-34-30-24-20-16-12-8-4)52-40-36-32-28-26-22-18-14-10-6-2/h65-66H,5-64,69-70H2,1-4H3. The van der Waals surface area contributed by atoms with Gasteiger partial charge in [0.15, 0.2) is 0 Å². The molecule has 0 aromatic rings. The van der Waals surface area contributed by atoms with Gasteiger partial charge in [-0.1, -0.05) is 259 Å². The summed E-state index contributed by atoms with van der Waals surface area (Å²) in [5.41, 5.74) is 11.9. The summed E-state index contributed by atoms with van der Waals surface area (Å²) in [7, 11) is 0. The lowest BCUT2D eigenvalue weighted by Crippen LogP contribution is -2.31.